The van der Waals surface area contributed by atoms with Gasteiger partial charge in [-0.05, 0) is 12.2 Å². The van der Waals surface area contributed by atoms with Crippen molar-refractivity contribution in [1.29, 1.82) is 0 Å². The molecule has 1 aliphatic carbocycles. The highest BCUT2D eigenvalue weighted by Gasteiger charge is 2.14. The Morgan fingerprint density at radius 2 is 1.84 bits per heavy atom. The summed E-state index contributed by atoms with van der Waals surface area (Å²) in [6.07, 6.45) is 6.84. The zero-order valence-corrected chi connectivity index (χ0v) is 9.41. The molecule has 2 rings (SSSR count). The molecule has 0 amide bonds. The summed E-state index contributed by atoms with van der Waals surface area (Å²) in [5, 5.41) is 31.1. The van der Waals surface area contributed by atoms with E-state index in [1.807, 2.05) is 9.97 Å². The van der Waals surface area contributed by atoms with Gasteiger partial charge in [0.2, 0.25) is 11.6 Å². The second-order valence-electron chi connectivity index (χ2n) is 3.63. The highest BCUT2D eigenvalue weighted by Crippen LogP contribution is 2.15. The van der Waals surface area contributed by atoms with Gasteiger partial charge in [-0.25, -0.2) is 4.79 Å². The van der Waals surface area contributed by atoms with Gasteiger partial charge in [-0.15, -0.1) is 0 Å². The number of aromatic hydroxyl groups is 1. The molecule has 0 atom stereocenters. The van der Waals surface area contributed by atoms with Crippen molar-refractivity contribution in [3.05, 3.63) is 66.7 Å². The van der Waals surface area contributed by atoms with Gasteiger partial charge in [0.25, 0.3) is 5.56 Å². The molecule has 1 aromatic heterocycles. The monoisotopic (exact) mass is 262 g/mol. The molecule has 3 N–H and O–H groups in total. The van der Waals surface area contributed by atoms with Crippen LogP contribution in [0.1, 0.15) is 5.56 Å². The summed E-state index contributed by atoms with van der Waals surface area (Å²) in [6, 6.07) is 0. The maximum atomic E-state index is 11.5. The zero-order valence-electron chi connectivity index (χ0n) is 9.41. The Bertz CT molecular complexity index is 744. The zero-order chi connectivity index (χ0) is 14.0. The van der Waals surface area contributed by atoms with Crippen LogP contribution < -0.4 is 11.2 Å². The maximum absolute atomic E-state index is 11.5. The van der Waals surface area contributed by atoms with E-state index in [-0.39, 0.29) is 16.8 Å². The van der Waals surface area contributed by atoms with Crippen LogP contribution in [0.25, 0.3) is 6.08 Å². The van der Waals surface area contributed by atoms with Crippen LogP contribution in [0.2, 0.25) is 0 Å². The summed E-state index contributed by atoms with van der Waals surface area (Å²) in [7, 11) is 0. The van der Waals surface area contributed by atoms with E-state index in [1.165, 1.54) is 18.2 Å². The van der Waals surface area contributed by atoms with Gasteiger partial charge in [-0.1, -0.05) is 12.2 Å². The molecule has 1 aliphatic rings. The largest absolute Gasteiger partial charge is 0.612 e. The number of hydrogen-bond donors (Lipinski definition) is 3. The fraction of sp³-hybridized carbons (Fsp3) is 0. The van der Waals surface area contributed by atoms with Crippen LogP contribution in [-0.4, -0.2) is 25.7 Å². The Hall–Kier alpha value is -3.03. The van der Waals surface area contributed by atoms with Crippen LogP contribution in [0, 0.1) is 10.4 Å². The summed E-state index contributed by atoms with van der Waals surface area (Å²) < 4.78 is 0. The fourth-order valence-electron chi connectivity index (χ4n) is 1.55. The Morgan fingerprint density at radius 1 is 1.16 bits per heavy atom. The van der Waals surface area contributed by atoms with Crippen molar-refractivity contribution in [2.45, 2.75) is 0 Å². The molecule has 98 valence electrons. The normalized spacial score (nSPS) is 16.0. The quantitative estimate of drug-likeness (QED) is 0.472. The number of nitrogens with one attached hydrogen (secondary N) is 2. The average Bonchev–Trinajstić information content (AvgIpc) is 2.34. The highest BCUT2D eigenvalue weighted by atomic mass is 16.8. The van der Waals surface area contributed by atoms with Crippen molar-refractivity contribution >= 4 is 11.8 Å². The van der Waals surface area contributed by atoms with Gasteiger partial charge in [0.05, 0.1) is 0 Å². The number of H-pyrrole nitrogens is 2. The summed E-state index contributed by atoms with van der Waals surface area (Å²) >= 11 is 0. The van der Waals surface area contributed by atoms with Gasteiger partial charge in [0.1, 0.15) is 5.56 Å². The van der Waals surface area contributed by atoms with Crippen molar-refractivity contribution in [3.8, 4) is 5.88 Å². The summed E-state index contributed by atoms with van der Waals surface area (Å²) in [4.78, 5) is 25.7. The molecule has 0 unspecified atom stereocenters. The Labute approximate surface area is 105 Å². The number of aromatic nitrogens is 2. The molecule has 0 fully saturated rings. The molecule has 19 heavy (non-hydrogen) atoms. The van der Waals surface area contributed by atoms with Gasteiger partial charge in [0, 0.05) is 11.6 Å². The van der Waals surface area contributed by atoms with Gasteiger partial charge in [0.15, 0.2) is 0 Å². The van der Waals surface area contributed by atoms with Crippen LogP contribution in [0.3, 0.4) is 0 Å². The molecule has 0 saturated heterocycles. The molecule has 0 bridgehead atoms. The number of allylic oxidation sites excluding steroid dienone is 5. The van der Waals surface area contributed by atoms with Crippen LogP contribution >= 0.6 is 0 Å². The molecule has 0 saturated carbocycles. The standard InChI is InChI=1S/C11H8N3O5/c15-9-7(10(16)13-11(17)12-9)5-6-3-1-2-4-8(6)14(18)19/h1-5H,(H3-,12,13,15,16,17,18,19)/q-1. The molecule has 1 aromatic rings. The van der Waals surface area contributed by atoms with Crippen molar-refractivity contribution in [2.24, 2.45) is 0 Å². The second kappa shape index (κ2) is 4.69. The minimum atomic E-state index is -0.859. The lowest BCUT2D eigenvalue weighted by Gasteiger charge is -2.11. The fourth-order valence-corrected chi connectivity index (χ4v) is 1.55. The van der Waals surface area contributed by atoms with E-state index in [0.29, 0.717) is 0 Å². The lowest BCUT2D eigenvalue weighted by molar-refractivity contribution is -0.377. The minimum absolute atomic E-state index is 0.139. The van der Waals surface area contributed by atoms with E-state index >= 15 is 0 Å². The van der Waals surface area contributed by atoms with Crippen LogP contribution in [-0.2, 0) is 0 Å². The average molecular weight is 262 g/mol. The van der Waals surface area contributed by atoms with Crippen LogP contribution in [0.5, 0.6) is 5.88 Å². The summed E-state index contributed by atoms with van der Waals surface area (Å²) in [5.41, 5.74) is -2.02. The van der Waals surface area contributed by atoms with Gasteiger partial charge in [-0.2, -0.15) is 4.90 Å². The van der Waals surface area contributed by atoms with E-state index < -0.39 is 22.0 Å². The lowest BCUT2D eigenvalue weighted by Crippen LogP contribution is -2.24. The smallest absolute Gasteiger partial charge is 0.328 e. The van der Waals surface area contributed by atoms with E-state index in [1.54, 1.807) is 6.08 Å². The second-order valence-corrected chi connectivity index (χ2v) is 3.63. The minimum Gasteiger partial charge on any atom is -0.612 e. The van der Waals surface area contributed by atoms with Crippen LogP contribution in [0.4, 0.5) is 0 Å². The molecule has 1 heterocycles. The van der Waals surface area contributed by atoms with Crippen molar-refractivity contribution in [3.63, 3.8) is 0 Å². The maximum Gasteiger partial charge on any atom is 0.328 e. The third kappa shape index (κ3) is 2.46. The van der Waals surface area contributed by atoms with E-state index in [0.717, 1.165) is 6.08 Å². The van der Waals surface area contributed by atoms with Gasteiger partial charge in [-0.3, -0.25) is 14.8 Å². The molecule has 8 nitrogen and oxygen atoms in total. The van der Waals surface area contributed by atoms with Gasteiger partial charge >= 0.3 is 5.69 Å². The van der Waals surface area contributed by atoms with E-state index in [2.05, 4.69) is 0 Å². The Kier molecular flexibility index (Phi) is 3.06. The predicted molar refractivity (Wildman–Crippen MR) is 67.6 cm³/mol. The highest BCUT2D eigenvalue weighted by molar-refractivity contribution is 6.11. The van der Waals surface area contributed by atoms with Crippen molar-refractivity contribution < 1.29 is 10.0 Å². The van der Waals surface area contributed by atoms with Crippen LogP contribution in [0.15, 0.2) is 39.5 Å². The number of hydrogen-bond acceptors (Lipinski definition) is 5. The summed E-state index contributed by atoms with van der Waals surface area (Å²) in [6.45, 7) is 0. The first-order valence-electron chi connectivity index (χ1n) is 5.13. The first-order chi connectivity index (χ1) is 8.99. The first-order valence-corrected chi connectivity index (χ1v) is 5.13. The van der Waals surface area contributed by atoms with Crippen molar-refractivity contribution in [1.82, 2.24) is 9.97 Å². The third-order valence-corrected chi connectivity index (χ3v) is 2.39. The predicted octanol–water partition coefficient (Wildman–Crippen LogP) is -0.273. The topological polar surface area (TPSA) is 135 Å². The third-order valence-electron chi connectivity index (χ3n) is 2.39. The molecule has 0 aromatic carbocycles. The molecule has 0 aliphatic heterocycles. The SMILES string of the molecule is O=c1[nH]c(O)c(C=C2C=CC=CC2=[N+]([O-])[O-])c(=O)[nH]1. The Morgan fingerprint density at radius 3 is 2.47 bits per heavy atom. The van der Waals surface area contributed by atoms with E-state index in [4.69, 9.17) is 0 Å². The molecule has 8 heteroatoms. The first kappa shape index (κ1) is 12.4. The number of rotatable bonds is 1. The molecular weight excluding hydrogens is 254 g/mol. The van der Waals surface area contributed by atoms with Crippen molar-refractivity contribution in [2.75, 3.05) is 0 Å². The molecule has 0 spiro atoms. The number of nitrogens with zero attached hydrogens (tertiary/aromatic N) is 1. The Balaban J connectivity index is 2.62. The van der Waals surface area contributed by atoms with Gasteiger partial charge < -0.3 is 15.5 Å². The lowest BCUT2D eigenvalue weighted by atomic mass is 10.0. The summed E-state index contributed by atoms with van der Waals surface area (Å²) in [5.74, 6) is -0.646. The van der Waals surface area contributed by atoms with E-state index in [9.17, 15) is 25.1 Å². The molecule has 0 radical (unpaired) electrons. The number of aromatic amines is 2. The molecular formula is C11H8N3O5-.